The molecule has 3 nitrogen and oxygen atoms in total. The highest BCUT2D eigenvalue weighted by Gasteiger charge is 2.32. The van der Waals surface area contributed by atoms with Crippen molar-refractivity contribution in [1.29, 1.82) is 0 Å². The minimum absolute atomic E-state index is 0.175. The smallest absolute Gasteiger partial charge is 0.337 e. The van der Waals surface area contributed by atoms with Gasteiger partial charge in [-0.15, -0.1) is 0 Å². The zero-order chi connectivity index (χ0) is 15.7. The van der Waals surface area contributed by atoms with Crippen LogP contribution < -0.4 is 0 Å². The quantitative estimate of drug-likeness (QED) is 0.838. The zero-order valence-electron chi connectivity index (χ0n) is 12.3. The summed E-state index contributed by atoms with van der Waals surface area (Å²) in [6.45, 7) is 3.18. The molecule has 2 aliphatic rings. The van der Waals surface area contributed by atoms with Gasteiger partial charge in [-0.05, 0) is 43.5 Å². The minimum Gasteiger partial charge on any atom is -0.337 e. The molecular formula is C16H19F3N2O. The van der Waals surface area contributed by atoms with Gasteiger partial charge >= 0.3 is 6.18 Å². The summed E-state index contributed by atoms with van der Waals surface area (Å²) < 4.78 is 37.7. The second kappa shape index (κ2) is 5.91. The molecule has 1 aromatic carbocycles. The van der Waals surface area contributed by atoms with Crippen LogP contribution in [0, 0.1) is 0 Å². The third kappa shape index (κ3) is 3.43. The van der Waals surface area contributed by atoms with Crippen LogP contribution in [0.3, 0.4) is 0 Å². The summed E-state index contributed by atoms with van der Waals surface area (Å²) in [5.74, 6) is -0.175. The average Bonchev–Trinajstić information content (AvgIpc) is 3.31. The molecule has 0 unspecified atom stereocenters. The van der Waals surface area contributed by atoms with Crippen molar-refractivity contribution in [3.8, 4) is 0 Å². The molecular weight excluding hydrogens is 293 g/mol. The summed E-state index contributed by atoms with van der Waals surface area (Å²) in [5, 5.41) is 0. The van der Waals surface area contributed by atoms with Gasteiger partial charge in [0.05, 0.1) is 5.56 Å². The summed E-state index contributed by atoms with van der Waals surface area (Å²) in [6, 6.07) is 5.17. The van der Waals surface area contributed by atoms with Gasteiger partial charge in [-0.2, -0.15) is 13.2 Å². The Bertz CT molecular complexity index is 537. The van der Waals surface area contributed by atoms with Crippen LogP contribution in [-0.2, 0) is 6.18 Å². The van der Waals surface area contributed by atoms with Crippen LogP contribution in [0.2, 0.25) is 0 Å². The Morgan fingerprint density at radius 2 is 1.68 bits per heavy atom. The molecule has 0 radical (unpaired) electrons. The molecule has 1 aliphatic carbocycles. The molecule has 6 heteroatoms. The van der Waals surface area contributed by atoms with E-state index in [2.05, 4.69) is 4.90 Å². The van der Waals surface area contributed by atoms with E-state index in [-0.39, 0.29) is 5.91 Å². The molecule has 22 heavy (non-hydrogen) atoms. The van der Waals surface area contributed by atoms with E-state index in [4.69, 9.17) is 0 Å². The van der Waals surface area contributed by atoms with Crippen LogP contribution in [0.5, 0.6) is 0 Å². The number of benzene rings is 1. The molecule has 0 spiro atoms. The Labute approximate surface area is 127 Å². The Morgan fingerprint density at radius 1 is 1.00 bits per heavy atom. The summed E-state index contributed by atoms with van der Waals surface area (Å²) >= 11 is 0. The first-order valence-electron chi connectivity index (χ1n) is 7.66. The van der Waals surface area contributed by atoms with Crippen molar-refractivity contribution < 1.29 is 18.0 Å². The number of nitrogens with zero attached hydrogens (tertiary/aromatic N) is 2. The maximum atomic E-state index is 12.6. The molecule has 0 N–H and O–H groups in total. The van der Waals surface area contributed by atoms with Crippen molar-refractivity contribution >= 4 is 5.91 Å². The molecule has 1 heterocycles. The molecule has 1 saturated heterocycles. The van der Waals surface area contributed by atoms with E-state index in [9.17, 15) is 18.0 Å². The SMILES string of the molecule is O=C(c1ccc(C(F)(F)F)cc1)N1CCCN(C2CC2)CC1. The van der Waals surface area contributed by atoms with Crippen molar-refractivity contribution in [1.82, 2.24) is 9.80 Å². The van der Waals surface area contributed by atoms with Crippen molar-refractivity contribution in [3.05, 3.63) is 35.4 Å². The van der Waals surface area contributed by atoms with E-state index in [1.807, 2.05) is 0 Å². The number of carbonyl (C=O) groups is 1. The van der Waals surface area contributed by atoms with E-state index >= 15 is 0 Å². The van der Waals surface area contributed by atoms with Crippen LogP contribution in [-0.4, -0.2) is 47.9 Å². The van der Waals surface area contributed by atoms with Crippen LogP contribution in [0.25, 0.3) is 0 Å². The molecule has 3 rings (SSSR count). The number of halogens is 3. The third-order valence-corrected chi connectivity index (χ3v) is 4.34. The molecule has 0 aromatic heterocycles. The lowest BCUT2D eigenvalue weighted by Crippen LogP contribution is -2.35. The first-order valence-corrected chi connectivity index (χ1v) is 7.66. The highest BCUT2D eigenvalue weighted by atomic mass is 19.4. The van der Waals surface area contributed by atoms with Gasteiger partial charge in [-0.3, -0.25) is 9.69 Å². The Hall–Kier alpha value is -1.56. The van der Waals surface area contributed by atoms with Gasteiger partial charge in [0, 0.05) is 37.8 Å². The van der Waals surface area contributed by atoms with Gasteiger partial charge in [-0.25, -0.2) is 0 Å². The lowest BCUT2D eigenvalue weighted by atomic mass is 10.1. The molecule has 0 bridgehead atoms. The normalized spacial score (nSPS) is 20.8. The number of hydrogen-bond acceptors (Lipinski definition) is 2. The minimum atomic E-state index is -4.37. The monoisotopic (exact) mass is 312 g/mol. The number of carbonyl (C=O) groups excluding carboxylic acids is 1. The van der Waals surface area contributed by atoms with Crippen LogP contribution in [0.4, 0.5) is 13.2 Å². The van der Waals surface area contributed by atoms with Gasteiger partial charge in [0.25, 0.3) is 5.91 Å². The Balaban J connectivity index is 1.65. The lowest BCUT2D eigenvalue weighted by Gasteiger charge is -2.22. The maximum Gasteiger partial charge on any atom is 0.416 e. The topological polar surface area (TPSA) is 23.6 Å². The third-order valence-electron chi connectivity index (χ3n) is 4.34. The summed E-state index contributed by atoms with van der Waals surface area (Å²) in [6.07, 6.45) is -0.961. The van der Waals surface area contributed by atoms with Crippen LogP contribution in [0.1, 0.15) is 35.2 Å². The zero-order valence-corrected chi connectivity index (χ0v) is 12.3. The second-order valence-electron chi connectivity index (χ2n) is 5.99. The van der Waals surface area contributed by atoms with Crippen LogP contribution in [0.15, 0.2) is 24.3 Å². The highest BCUT2D eigenvalue weighted by molar-refractivity contribution is 5.94. The van der Waals surface area contributed by atoms with E-state index in [0.717, 1.165) is 31.6 Å². The fourth-order valence-corrected chi connectivity index (χ4v) is 2.93. The maximum absolute atomic E-state index is 12.6. The number of hydrogen-bond donors (Lipinski definition) is 0. The second-order valence-corrected chi connectivity index (χ2v) is 5.99. The van der Waals surface area contributed by atoms with Crippen molar-refractivity contribution in [2.24, 2.45) is 0 Å². The predicted octanol–water partition coefficient (Wildman–Crippen LogP) is 3.02. The fourth-order valence-electron chi connectivity index (χ4n) is 2.93. The summed E-state index contributed by atoms with van der Waals surface area (Å²) in [7, 11) is 0. The molecule has 1 aromatic rings. The molecule has 0 atom stereocenters. The van der Waals surface area contributed by atoms with E-state index < -0.39 is 11.7 Å². The van der Waals surface area contributed by atoms with Gasteiger partial charge in [0.2, 0.25) is 0 Å². The van der Waals surface area contributed by atoms with Crippen molar-refractivity contribution in [2.75, 3.05) is 26.2 Å². The number of rotatable bonds is 2. The van der Waals surface area contributed by atoms with E-state index in [1.165, 1.54) is 25.0 Å². The standard InChI is InChI=1S/C16H19F3N2O/c17-16(18,19)13-4-2-12(3-5-13)15(22)21-9-1-8-20(10-11-21)14-6-7-14/h2-5,14H,1,6-11H2. The van der Waals surface area contributed by atoms with Gasteiger partial charge in [-0.1, -0.05) is 0 Å². The first kappa shape index (κ1) is 15.3. The summed E-state index contributed by atoms with van der Waals surface area (Å²) in [5.41, 5.74) is -0.396. The summed E-state index contributed by atoms with van der Waals surface area (Å²) in [4.78, 5) is 16.6. The van der Waals surface area contributed by atoms with Gasteiger partial charge in [0.1, 0.15) is 0 Å². The fraction of sp³-hybridized carbons (Fsp3) is 0.562. The first-order chi connectivity index (χ1) is 10.4. The molecule has 1 aliphatic heterocycles. The largest absolute Gasteiger partial charge is 0.416 e. The predicted molar refractivity (Wildman–Crippen MR) is 76.6 cm³/mol. The highest BCUT2D eigenvalue weighted by Crippen LogP contribution is 2.30. The Kier molecular flexibility index (Phi) is 4.12. The molecule has 120 valence electrons. The van der Waals surface area contributed by atoms with Gasteiger partial charge < -0.3 is 4.90 Å². The van der Waals surface area contributed by atoms with Crippen molar-refractivity contribution in [3.63, 3.8) is 0 Å². The lowest BCUT2D eigenvalue weighted by molar-refractivity contribution is -0.137. The van der Waals surface area contributed by atoms with Crippen LogP contribution >= 0.6 is 0 Å². The molecule has 1 saturated carbocycles. The van der Waals surface area contributed by atoms with E-state index in [0.29, 0.717) is 24.7 Å². The van der Waals surface area contributed by atoms with Gasteiger partial charge in [0.15, 0.2) is 0 Å². The average molecular weight is 312 g/mol. The number of amides is 1. The number of alkyl halides is 3. The Morgan fingerprint density at radius 3 is 2.27 bits per heavy atom. The molecule has 2 fully saturated rings. The van der Waals surface area contributed by atoms with Crippen molar-refractivity contribution in [2.45, 2.75) is 31.5 Å². The molecule has 1 amide bonds. The van der Waals surface area contributed by atoms with E-state index in [1.54, 1.807) is 4.90 Å².